The number of hydrogen-bond donors (Lipinski definition) is 4. The number of alkyl carbamates (subject to hydrolysis) is 2. The molecule has 4 aromatic carbocycles. The number of nitrogens with one attached hydrogen (secondary N) is 4. The number of fused-ring (bicyclic) bond motifs is 8. The molecule has 1 aliphatic carbocycles. The summed E-state index contributed by atoms with van der Waals surface area (Å²) in [4.78, 5) is 74.3. The number of likely N-dealkylation sites (tertiary alicyclic amines) is 1. The number of rotatable bonds is 12. The van der Waals surface area contributed by atoms with Crippen LogP contribution in [0.25, 0.3) is 54.7 Å². The molecule has 4 heterocycles. The number of aromatic nitrogens is 4. The molecule has 2 saturated heterocycles. The molecule has 2 aromatic heterocycles. The number of nitrogens with zero attached hydrogens (tertiary/aromatic N) is 4. The van der Waals surface area contributed by atoms with E-state index in [4.69, 9.17) is 24.2 Å². The Kier molecular flexibility index (Phi) is 11.9. The van der Waals surface area contributed by atoms with Gasteiger partial charge in [-0.2, -0.15) is 0 Å². The number of benzene rings is 4. The molecule has 6 atom stereocenters. The first-order chi connectivity index (χ1) is 31.0. The number of carbonyl (C=O) groups is 4. The Bertz CT molecular complexity index is 2740. The minimum Gasteiger partial charge on any atom is -0.453 e. The summed E-state index contributed by atoms with van der Waals surface area (Å²) >= 11 is 0. The highest BCUT2D eigenvalue weighted by atomic mass is 16.5. The summed E-state index contributed by atoms with van der Waals surface area (Å²) in [7, 11) is 2.62. The number of amides is 4. The maximum atomic E-state index is 14.3. The van der Waals surface area contributed by atoms with E-state index in [1.807, 2.05) is 43.6 Å². The van der Waals surface area contributed by atoms with Crippen molar-refractivity contribution in [2.24, 2.45) is 17.8 Å². The molecule has 1 saturated carbocycles. The molecule has 15 nitrogen and oxygen atoms in total. The molecule has 2 aliphatic heterocycles. The molecule has 9 rings (SSSR count). The number of ether oxygens (including phenoxy) is 3. The Balaban J connectivity index is 0.984. The second-order valence-electron chi connectivity index (χ2n) is 17.9. The van der Waals surface area contributed by atoms with Crippen molar-refractivity contribution >= 4 is 67.6 Å². The van der Waals surface area contributed by atoms with Crippen molar-refractivity contribution in [2.45, 2.75) is 96.4 Å². The first-order valence-corrected chi connectivity index (χ1v) is 22.8. The number of piperidine rings is 1. The minimum absolute atomic E-state index is 0.0629. The first kappa shape index (κ1) is 43.1. The molecular weight excluding hydrogens is 813 g/mol. The predicted molar refractivity (Wildman–Crippen MR) is 244 cm³/mol. The SMILES string of the molecule is CC[C@@H](c1nc2c(ccc3cc(-c4ccc5c(ccc6[nH]c([C@@H]7[C@@H]8CC[C@@H](C8)N7C(=O)[C@@H](NC(=O)OC)C(C)C)nc65)c4)ccc32)[nH]1)N(CC)C(=O)[C@@H](NC(=O)OC)C1CCOCC1. The summed E-state index contributed by atoms with van der Waals surface area (Å²) in [5.74, 6) is 1.34. The third-order valence-corrected chi connectivity index (χ3v) is 14.0. The highest BCUT2D eigenvalue weighted by molar-refractivity contribution is 6.07. The van der Waals surface area contributed by atoms with E-state index >= 15 is 0 Å². The molecule has 0 unspecified atom stereocenters. The van der Waals surface area contributed by atoms with Crippen LogP contribution in [-0.2, 0) is 23.8 Å². The Morgan fingerprint density at radius 1 is 0.812 bits per heavy atom. The molecule has 15 heteroatoms. The maximum absolute atomic E-state index is 14.3. The van der Waals surface area contributed by atoms with Crippen LogP contribution in [-0.4, -0.2) is 106 Å². The lowest BCUT2D eigenvalue weighted by molar-refractivity contribution is -0.139. The Hall–Kier alpha value is -6.22. The van der Waals surface area contributed by atoms with Crippen LogP contribution >= 0.6 is 0 Å². The van der Waals surface area contributed by atoms with E-state index in [1.54, 1.807) is 0 Å². The molecule has 3 fully saturated rings. The van der Waals surface area contributed by atoms with Crippen LogP contribution in [0, 0.1) is 17.8 Å². The Morgan fingerprint density at radius 2 is 1.44 bits per heavy atom. The molecule has 3 aliphatic rings. The number of carbonyl (C=O) groups excluding carboxylic acids is 4. The molecule has 0 radical (unpaired) electrons. The van der Waals surface area contributed by atoms with Gasteiger partial charge in [-0.1, -0.05) is 57.2 Å². The van der Waals surface area contributed by atoms with Crippen molar-refractivity contribution < 1.29 is 33.4 Å². The van der Waals surface area contributed by atoms with E-state index in [9.17, 15) is 19.2 Å². The molecule has 4 amide bonds. The smallest absolute Gasteiger partial charge is 0.407 e. The van der Waals surface area contributed by atoms with E-state index in [1.165, 1.54) is 14.2 Å². The van der Waals surface area contributed by atoms with Gasteiger partial charge < -0.3 is 44.6 Å². The van der Waals surface area contributed by atoms with Gasteiger partial charge in [0, 0.05) is 36.6 Å². The number of H-pyrrole nitrogens is 2. The second-order valence-corrected chi connectivity index (χ2v) is 17.9. The maximum Gasteiger partial charge on any atom is 0.407 e. The van der Waals surface area contributed by atoms with Crippen LogP contribution in [0.2, 0.25) is 0 Å². The molecule has 4 N–H and O–H groups in total. The van der Waals surface area contributed by atoms with Crippen molar-refractivity contribution in [3.05, 3.63) is 72.3 Å². The number of aromatic amines is 2. The molecule has 336 valence electrons. The van der Waals surface area contributed by atoms with Crippen molar-refractivity contribution in [1.29, 1.82) is 0 Å². The summed E-state index contributed by atoms with van der Waals surface area (Å²) < 4.78 is 15.3. The van der Waals surface area contributed by atoms with Gasteiger partial charge in [0.05, 0.1) is 48.4 Å². The highest BCUT2D eigenvalue weighted by Crippen LogP contribution is 2.50. The van der Waals surface area contributed by atoms with E-state index < -0.39 is 24.3 Å². The van der Waals surface area contributed by atoms with Crippen LogP contribution < -0.4 is 10.6 Å². The third-order valence-electron chi connectivity index (χ3n) is 14.0. The van der Waals surface area contributed by atoms with E-state index in [0.717, 1.165) is 79.8 Å². The quantitative estimate of drug-likeness (QED) is 0.0940. The fourth-order valence-electron chi connectivity index (χ4n) is 10.7. The first-order valence-electron chi connectivity index (χ1n) is 22.8. The van der Waals surface area contributed by atoms with Gasteiger partial charge in [-0.25, -0.2) is 19.6 Å². The Morgan fingerprint density at radius 3 is 2.05 bits per heavy atom. The fourth-order valence-corrected chi connectivity index (χ4v) is 10.7. The Labute approximate surface area is 372 Å². The van der Waals surface area contributed by atoms with Crippen molar-refractivity contribution in [1.82, 2.24) is 40.4 Å². The lowest BCUT2D eigenvalue weighted by Crippen LogP contribution is -2.54. The lowest BCUT2D eigenvalue weighted by Gasteiger charge is -2.37. The van der Waals surface area contributed by atoms with Crippen molar-refractivity contribution in [3.8, 4) is 11.1 Å². The predicted octanol–water partition coefficient (Wildman–Crippen LogP) is 8.30. The van der Waals surface area contributed by atoms with E-state index in [0.29, 0.717) is 50.8 Å². The summed E-state index contributed by atoms with van der Waals surface area (Å²) in [5, 5.41) is 9.73. The zero-order chi connectivity index (χ0) is 44.8. The second kappa shape index (κ2) is 17.7. The van der Waals surface area contributed by atoms with Crippen LogP contribution in [0.3, 0.4) is 0 Å². The highest BCUT2D eigenvalue weighted by Gasteiger charge is 2.51. The molecular formula is C49H58N8O7. The minimum atomic E-state index is -0.732. The van der Waals surface area contributed by atoms with Crippen LogP contribution in [0.15, 0.2) is 60.7 Å². The topological polar surface area (TPSA) is 184 Å². The zero-order valence-electron chi connectivity index (χ0n) is 37.4. The molecule has 2 bridgehead atoms. The molecule has 0 spiro atoms. The monoisotopic (exact) mass is 870 g/mol. The summed E-state index contributed by atoms with van der Waals surface area (Å²) in [6, 6.07) is 19.3. The third kappa shape index (κ3) is 7.77. The number of imidazole rings is 2. The van der Waals surface area contributed by atoms with E-state index in [-0.39, 0.29) is 41.8 Å². The normalized spacial score (nSPS) is 20.2. The van der Waals surface area contributed by atoms with E-state index in [2.05, 4.69) is 75.2 Å². The van der Waals surface area contributed by atoms with Gasteiger partial charge in [0.15, 0.2) is 0 Å². The van der Waals surface area contributed by atoms with Gasteiger partial charge in [-0.05, 0) is 109 Å². The van der Waals surface area contributed by atoms with Crippen LogP contribution in [0.5, 0.6) is 0 Å². The molecule has 64 heavy (non-hydrogen) atoms. The number of hydrogen-bond acceptors (Lipinski definition) is 9. The van der Waals surface area contributed by atoms with Crippen molar-refractivity contribution in [3.63, 3.8) is 0 Å². The molecule has 6 aromatic rings. The van der Waals surface area contributed by atoms with Gasteiger partial charge in [-0.15, -0.1) is 0 Å². The average Bonchev–Trinajstić information content (AvgIpc) is 4.14. The number of likely N-dealkylation sites (N-methyl/N-ethyl adjacent to an activating group) is 1. The van der Waals surface area contributed by atoms with Gasteiger partial charge in [0.1, 0.15) is 23.7 Å². The summed E-state index contributed by atoms with van der Waals surface area (Å²) in [6.07, 6.45) is 3.63. The van der Waals surface area contributed by atoms with Gasteiger partial charge >= 0.3 is 12.2 Å². The van der Waals surface area contributed by atoms with Gasteiger partial charge in [0.2, 0.25) is 11.8 Å². The largest absolute Gasteiger partial charge is 0.453 e. The van der Waals surface area contributed by atoms with Crippen LogP contribution in [0.4, 0.5) is 9.59 Å². The lowest BCUT2D eigenvalue weighted by atomic mass is 9.90. The van der Waals surface area contributed by atoms with Crippen molar-refractivity contribution in [2.75, 3.05) is 34.0 Å². The zero-order valence-corrected chi connectivity index (χ0v) is 37.4. The van der Waals surface area contributed by atoms with Gasteiger partial charge in [-0.3, -0.25) is 9.59 Å². The summed E-state index contributed by atoms with van der Waals surface area (Å²) in [6.45, 7) is 9.39. The number of methoxy groups -OCH3 is 2. The van der Waals surface area contributed by atoms with Crippen LogP contribution in [0.1, 0.15) is 90.0 Å². The average molecular weight is 871 g/mol. The fraction of sp³-hybridized carbons (Fsp3) is 0.469. The summed E-state index contributed by atoms with van der Waals surface area (Å²) in [5.41, 5.74) is 5.63. The standard InChI is InChI=1S/C49H58N8O7/c1-7-38(56(8-2)46(58)40(55-49(61)63-6)27-19-21-64-22-20-27)44-50-36-17-12-30-23-28(10-15-34(30)41(36)52-44)29-11-16-35-31(24-29)13-18-37-42(35)53-45(51-37)43-32-9-14-33(25-32)57(43)47(59)39(26(3)4)54-48(60)62-5/h10-13,15-18,23-24,26-27,32-33,38-40,43H,7-9,14,19-22,25H2,1-6H3,(H,50,52)(H,51,53)(H,54,60)(H,55,61)/t32-,33+,38+,39+,40+,43+/m1/s1. The van der Waals surface area contributed by atoms with Gasteiger partial charge in [0.25, 0.3) is 0 Å².